The van der Waals surface area contributed by atoms with Crippen molar-refractivity contribution in [2.75, 3.05) is 18.4 Å². The van der Waals surface area contributed by atoms with Crippen molar-refractivity contribution in [2.45, 2.75) is 26.2 Å². The molecule has 0 aliphatic carbocycles. The molecule has 1 heterocycles. The van der Waals surface area contributed by atoms with Gasteiger partial charge in [0.25, 0.3) is 11.8 Å². The van der Waals surface area contributed by atoms with Gasteiger partial charge in [-0.2, -0.15) is 0 Å². The second kappa shape index (κ2) is 7.70. The molecule has 130 valence electrons. The monoisotopic (exact) mass is 356 g/mol. The van der Waals surface area contributed by atoms with Crippen LogP contribution in [0.2, 0.25) is 5.02 Å². The Morgan fingerprint density at radius 3 is 2.44 bits per heavy atom. The molecule has 0 atom stereocenters. The lowest BCUT2D eigenvalue weighted by Gasteiger charge is -2.26. The van der Waals surface area contributed by atoms with Crippen molar-refractivity contribution >= 4 is 29.1 Å². The summed E-state index contributed by atoms with van der Waals surface area (Å²) in [4.78, 5) is 27.0. The maximum absolute atomic E-state index is 12.6. The summed E-state index contributed by atoms with van der Waals surface area (Å²) in [6.45, 7) is 3.43. The Kier molecular flexibility index (Phi) is 5.39. The van der Waals surface area contributed by atoms with Gasteiger partial charge in [-0.25, -0.2) is 0 Å². The highest BCUT2D eigenvalue weighted by atomic mass is 35.5. The smallest absolute Gasteiger partial charge is 0.255 e. The lowest BCUT2D eigenvalue weighted by Crippen LogP contribution is -2.35. The third-order valence-electron chi connectivity index (χ3n) is 4.53. The van der Waals surface area contributed by atoms with Crippen LogP contribution < -0.4 is 5.32 Å². The van der Waals surface area contributed by atoms with Crippen molar-refractivity contribution < 1.29 is 9.59 Å². The van der Waals surface area contributed by atoms with E-state index in [1.807, 2.05) is 17.9 Å². The van der Waals surface area contributed by atoms with E-state index in [-0.39, 0.29) is 11.8 Å². The Morgan fingerprint density at radius 1 is 1.00 bits per heavy atom. The number of rotatable bonds is 3. The molecular formula is C20H21ClN2O2. The van der Waals surface area contributed by atoms with Crippen molar-refractivity contribution in [3.05, 3.63) is 64.2 Å². The zero-order chi connectivity index (χ0) is 17.8. The number of anilines is 1. The van der Waals surface area contributed by atoms with Gasteiger partial charge in [0.2, 0.25) is 0 Å². The van der Waals surface area contributed by atoms with E-state index in [0.29, 0.717) is 21.8 Å². The maximum atomic E-state index is 12.6. The van der Waals surface area contributed by atoms with Crippen LogP contribution in [-0.2, 0) is 0 Å². The number of hydrogen-bond acceptors (Lipinski definition) is 2. The fourth-order valence-corrected chi connectivity index (χ4v) is 3.18. The average Bonchev–Trinajstić information content (AvgIpc) is 2.65. The molecule has 3 rings (SSSR count). The van der Waals surface area contributed by atoms with E-state index in [1.54, 1.807) is 36.4 Å². The third-order valence-corrected chi connectivity index (χ3v) is 4.94. The van der Waals surface area contributed by atoms with Gasteiger partial charge in [-0.3, -0.25) is 9.59 Å². The normalized spacial score (nSPS) is 14.2. The molecular weight excluding hydrogens is 336 g/mol. The Hall–Kier alpha value is -2.33. The highest BCUT2D eigenvalue weighted by molar-refractivity contribution is 6.31. The van der Waals surface area contributed by atoms with Crippen LogP contribution in [0, 0.1) is 6.92 Å². The number of benzene rings is 2. The number of piperidine rings is 1. The van der Waals surface area contributed by atoms with Crippen molar-refractivity contribution in [1.82, 2.24) is 4.90 Å². The lowest BCUT2D eigenvalue weighted by atomic mass is 10.1. The number of nitrogens with zero attached hydrogens (tertiary/aromatic N) is 1. The number of carbonyl (C=O) groups is 2. The van der Waals surface area contributed by atoms with Crippen molar-refractivity contribution in [3.8, 4) is 0 Å². The minimum atomic E-state index is -0.251. The van der Waals surface area contributed by atoms with Crippen molar-refractivity contribution in [3.63, 3.8) is 0 Å². The Labute approximate surface area is 152 Å². The predicted octanol–water partition coefficient (Wildman–Crippen LogP) is 4.53. The SMILES string of the molecule is Cc1c(Cl)cccc1NC(=O)c1cccc(C(=O)N2CCCCC2)c1. The van der Waals surface area contributed by atoms with Gasteiger partial charge >= 0.3 is 0 Å². The third kappa shape index (κ3) is 4.02. The van der Waals surface area contributed by atoms with E-state index < -0.39 is 0 Å². The number of likely N-dealkylation sites (tertiary alicyclic amines) is 1. The first-order valence-corrected chi connectivity index (χ1v) is 8.90. The first-order valence-electron chi connectivity index (χ1n) is 8.52. The number of amides is 2. The molecule has 0 unspecified atom stereocenters. The molecule has 25 heavy (non-hydrogen) atoms. The van der Waals surface area contributed by atoms with Crippen LogP contribution in [0.4, 0.5) is 5.69 Å². The van der Waals surface area contributed by atoms with E-state index in [0.717, 1.165) is 31.5 Å². The zero-order valence-electron chi connectivity index (χ0n) is 14.2. The van der Waals surface area contributed by atoms with Gasteiger partial charge in [0, 0.05) is 34.9 Å². The largest absolute Gasteiger partial charge is 0.339 e. The molecule has 1 aliphatic rings. The van der Waals surface area contributed by atoms with Crippen LogP contribution in [0.25, 0.3) is 0 Å². The van der Waals surface area contributed by atoms with Gasteiger partial charge in [-0.1, -0.05) is 23.7 Å². The summed E-state index contributed by atoms with van der Waals surface area (Å²) in [7, 11) is 0. The Morgan fingerprint density at radius 2 is 1.68 bits per heavy atom. The van der Waals surface area contributed by atoms with Crippen LogP contribution in [0.15, 0.2) is 42.5 Å². The summed E-state index contributed by atoms with van der Waals surface area (Å²) in [5.41, 5.74) is 2.50. The number of carbonyl (C=O) groups excluding carboxylic acids is 2. The average molecular weight is 357 g/mol. The van der Waals surface area contributed by atoms with Crippen molar-refractivity contribution in [1.29, 1.82) is 0 Å². The molecule has 0 spiro atoms. The van der Waals surface area contributed by atoms with Gasteiger partial charge in [0.05, 0.1) is 0 Å². The number of hydrogen-bond donors (Lipinski definition) is 1. The summed E-state index contributed by atoms with van der Waals surface area (Å²) in [5, 5.41) is 3.47. The first-order chi connectivity index (χ1) is 12.1. The van der Waals surface area contributed by atoms with Gasteiger partial charge in [-0.15, -0.1) is 0 Å². The fourth-order valence-electron chi connectivity index (χ4n) is 3.01. The van der Waals surface area contributed by atoms with Crippen molar-refractivity contribution in [2.24, 2.45) is 0 Å². The quantitative estimate of drug-likeness (QED) is 0.878. The second-order valence-electron chi connectivity index (χ2n) is 6.30. The van der Waals surface area contributed by atoms with Crippen LogP contribution in [0.3, 0.4) is 0 Å². The summed E-state index contributed by atoms with van der Waals surface area (Å²) >= 11 is 6.09. The molecule has 0 saturated carbocycles. The van der Waals surface area contributed by atoms with Crippen LogP contribution in [0.1, 0.15) is 45.5 Å². The molecule has 1 fully saturated rings. The molecule has 4 nitrogen and oxygen atoms in total. The predicted molar refractivity (Wildman–Crippen MR) is 100 cm³/mol. The molecule has 1 saturated heterocycles. The molecule has 5 heteroatoms. The number of halogens is 1. The van der Waals surface area contributed by atoms with Crippen LogP contribution in [-0.4, -0.2) is 29.8 Å². The summed E-state index contributed by atoms with van der Waals surface area (Å²) < 4.78 is 0. The van der Waals surface area contributed by atoms with Crippen LogP contribution >= 0.6 is 11.6 Å². The number of nitrogens with one attached hydrogen (secondary N) is 1. The standard InChI is InChI=1S/C20H21ClN2O2/c1-14-17(21)9-6-10-18(14)22-19(24)15-7-5-8-16(13-15)20(25)23-11-3-2-4-12-23/h5-10,13H,2-4,11-12H2,1H3,(H,22,24). The molecule has 0 bridgehead atoms. The van der Waals surface area contributed by atoms with E-state index in [2.05, 4.69) is 5.32 Å². The zero-order valence-corrected chi connectivity index (χ0v) is 15.0. The molecule has 2 aromatic carbocycles. The van der Waals surface area contributed by atoms with E-state index >= 15 is 0 Å². The molecule has 2 aromatic rings. The maximum Gasteiger partial charge on any atom is 0.255 e. The minimum Gasteiger partial charge on any atom is -0.339 e. The van der Waals surface area contributed by atoms with Gasteiger partial charge in [-0.05, 0) is 62.1 Å². The van der Waals surface area contributed by atoms with Crippen LogP contribution in [0.5, 0.6) is 0 Å². The summed E-state index contributed by atoms with van der Waals surface area (Å²) in [6.07, 6.45) is 3.26. The molecule has 0 aromatic heterocycles. The van der Waals surface area contributed by atoms with E-state index in [4.69, 9.17) is 11.6 Å². The van der Waals surface area contributed by atoms with E-state index in [1.165, 1.54) is 6.42 Å². The Bertz CT molecular complexity index is 798. The summed E-state index contributed by atoms with van der Waals surface area (Å²) in [5.74, 6) is -0.257. The highest BCUT2D eigenvalue weighted by Crippen LogP contribution is 2.23. The van der Waals surface area contributed by atoms with Gasteiger partial charge in [0.15, 0.2) is 0 Å². The Balaban J connectivity index is 1.77. The fraction of sp³-hybridized carbons (Fsp3) is 0.300. The molecule has 2 amide bonds. The summed E-state index contributed by atoms with van der Waals surface area (Å²) in [6, 6.07) is 12.3. The highest BCUT2D eigenvalue weighted by Gasteiger charge is 2.19. The minimum absolute atomic E-state index is 0.00622. The molecule has 1 N–H and O–H groups in total. The molecule has 1 aliphatic heterocycles. The van der Waals surface area contributed by atoms with Gasteiger partial charge in [0.1, 0.15) is 0 Å². The first kappa shape index (κ1) is 17.5. The topological polar surface area (TPSA) is 49.4 Å². The van der Waals surface area contributed by atoms with Gasteiger partial charge < -0.3 is 10.2 Å². The molecule has 0 radical (unpaired) electrons. The van der Waals surface area contributed by atoms with E-state index in [9.17, 15) is 9.59 Å². The lowest BCUT2D eigenvalue weighted by molar-refractivity contribution is 0.0724. The second-order valence-corrected chi connectivity index (χ2v) is 6.71.